The van der Waals surface area contributed by atoms with Crippen LogP contribution in [0.15, 0.2) is 24.3 Å². The second-order valence-electron chi connectivity index (χ2n) is 4.94. The molecule has 1 aromatic carbocycles. The third kappa shape index (κ3) is 3.93. The first-order valence-electron chi connectivity index (χ1n) is 7.11. The molecular weight excluding hydrogens is 270 g/mol. The van der Waals surface area contributed by atoms with E-state index in [9.17, 15) is 4.79 Å². The minimum Gasteiger partial charge on any atom is -0.372 e. The Bertz CT molecular complexity index is 478. The largest absolute Gasteiger partial charge is 0.372 e. The zero-order valence-corrected chi connectivity index (χ0v) is 12.8. The van der Waals surface area contributed by atoms with Crippen LogP contribution >= 0.6 is 12.2 Å². The molecule has 4 nitrogen and oxygen atoms in total. The minimum absolute atomic E-state index is 0.0299. The van der Waals surface area contributed by atoms with E-state index >= 15 is 0 Å². The maximum absolute atomic E-state index is 11.6. The van der Waals surface area contributed by atoms with Crippen molar-refractivity contribution in [1.82, 2.24) is 5.32 Å². The summed E-state index contributed by atoms with van der Waals surface area (Å²) in [7, 11) is 0. The van der Waals surface area contributed by atoms with E-state index in [-0.39, 0.29) is 11.8 Å². The molecule has 0 spiro atoms. The summed E-state index contributed by atoms with van der Waals surface area (Å²) in [5.74, 6) is 0.196. The summed E-state index contributed by atoms with van der Waals surface area (Å²) in [5, 5.41) is 6.13. The molecule has 0 unspecified atom stereocenters. The van der Waals surface area contributed by atoms with Crippen LogP contribution in [0.3, 0.4) is 0 Å². The summed E-state index contributed by atoms with van der Waals surface area (Å²) in [6.45, 7) is 6.24. The van der Waals surface area contributed by atoms with Crippen molar-refractivity contribution >= 4 is 34.6 Å². The lowest BCUT2D eigenvalue weighted by atomic mass is 10.2. The lowest BCUT2D eigenvalue weighted by Crippen LogP contribution is -2.35. The second-order valence-corrected chi connectivity index (χ2v) is 5.35. The highest BCUT2D eigenvalue weighted by molar-refractivity contribution is 7.80. The van der Waals surface area contributed by atoms with Gasteiger partial charge in [-0.25, -0.2) is 0 Å². The molecule has 1 aliphatic carbocycles. The fourth-order valence-electron chi connectivity index (χ4n) is 2.07. The monoisotopic (exact) mass is 291 g/mol. The summed E-state index contributed by atoms with van der Waals surface area (Å²) < 4.78 is 0. The quantitative estimate of drug-likeness (QED) is 0.819. The van der Waals surface area contributed by atoms with Gasteiger partial charge in [0.1, 0.15) is 0 Å². The molecule has 108 valence electrons. The van der Waals surface area contributed by atoms with Crippen LogP contribution in [0, 0.1) is 5.92 Å². The Kier molecular flexibility index (Phi) is 4.95. The summed E-state index contributed by atoms with van der Waals surface area (Å²) in [6, 6.07) is 8.06. The van der Waals surface area contributed by atoms with Gasteiger partial charge >= 0.3 is 0 Å². The van der Waals surface area contributed by atoms with E-state index in [0.29, 0.717) is 5.11 Å². The molecule has 0 heterocycles. The fourth-order valence-corrected chi connectivity index (χ4v) is 2.28. The van der Waals surface area contributed by atoms with Crippen LogP contribution in [0.4, 0.5) is 11.4 Å². The molecule has 1 amide bonds. The number of rotatable bonds is 5. The Morgan fingerprint density at radius 1 is 1.25 bits per heavy atom. The molecule has 0 aromatic heterocycles. The first kappa shape index (κ1) is 14.8. The van der Waals surface area contributed by atoms with Crippen LogP contribution in [-0.4, -0.2) is 24.1 Å². The number of thiocarbonyl (C=S) groups is 1. The highest BCUT2D eigenvalue weighted by Crippen LogP contribution is 2.28. The summed E-state index contributed by atoms with van der Waals surface area (Å²) >= 11 is 5.14. The van der Waals surface area contributed by atoms with Gasteiger partial charge in [0.2, 0.25) is 5.91 Å². The Labute approximate surface area is 125 Å². The van der Waals surface area contributed by atoms with E-state index in [2.05, 4.69) is 41.5 Å². The number of hydrogen-bond donors (Lipinski definition) is 2. The van der Waals surface area contributed by atoms with Crippen LogP contribution in [0.1, 0.15) is 26.7 Å². The van der Waals surface area contributed by atoms with Gasteiger partial charge < -0.3 is 15.5 Å². The van der Waals surface area contributed by atoms with Crippen molar-refractivity contribution in [2.75, 3.05) is 23.3 Å². The molecule has 0 atom stereocenters. The van der Waals surface area contributed by atoms with Crippen LogP contribution < -0.4 is 15.5 Å². The second kappa shape index (κ2) is 6.70. The lowest BCUT2D eigenvalue weighted by molar-refractivity contribution is -0.120. The van der Waals surface area contributed by atoms with Crippen molar-refractivity contribution in [2.24, 2.45) is 5.92 Å². The van der Waals surface area contributed by atoms with E-state index in [1.807, 2.05) is 12.1 Å². The molecule has 5 heteroatoms. The van der Waals surface area contributed by atoms with Gasteiger partial charge in [0.25, 0.3) is 0 Å². The number of nitrogens with zero attached hydrogens (tertiary/aromatic N) is 1. The molecule has 1 aliphatic rings. The molecule has 0 aliphatic heterocycles. The average Bonchev–Trinajstić information content (AvgIpc) is 3.26. The van der Waals surface area contributed by atoms with Crippen molar-refractivity contribution in [3.05, 3.63) is 24.3 Å². The van der Waals surface area contributed by atoms with Crippen molar-refractivity contribution < 1.29 is 4.79 Å². The van der Waals surface area contributed by atoms with Crippen LogP contribution in [0.5, 0.6) is 0 Å². The van der Waals surface area contributed by atoms with Crippen molar-refractivity contribution in [3.8, 4) is 0 Å². The summed E-state index contributed by atoms with van der Waals surface area (Å²) in [6.07, 6.45) is 1.96. The number of anilines is 2. The maximum Gasteiger partial charge on any atom is 0.229 e. The van der Waals surface area contributed by atoms with E-state index < -0.39 is 0 Å². The Hall–Kier alpha value is -1.62. The van der Waals surface area contributed by atoms with Crippen LogP contribution in [0.25, 0.3) is 0 Å². The highest BCUT2D eigenvalue weighted by atomic mass is 32.1. The SMILES string of the molecule is CCN(CC)c1ccc(NC(=S)NC(=O)C2CC2)cc1. The van der Waals surface area contributed by atoms with Gasteiger partial charge in [0, 0.05) is 30.4 Å². The van der Waals surface area contributed by atoms with Gasteiger partial charge in [-0.2, -0.15) is 0 Å². The summed E-state index contributed by atoms with van der Waals surface area (Å²) in [5.41, 5.74) is 2.08. The van der Waals surface area contributed by atoms with Crippen LogP contribution in [0.2, 0.25) is 0 Å². The van der Waals surface area contributed by atoms with Gasteiger partial charge in [-0.05, 0) is 63.2 Å². The molecule has 1 saturated carbocycles. The first-order chi connectivity index (χ1) is 9.63. The molecule has 0 radical (unpaired) electrons. The van der Waals surface area contributed by atoms with E-state index in [1.54, 1.807) is 0 Å². The molecule has 2 rings (SSSR count). The molecule has 1 fully saturated rings. The van der Waals surface area contributed by atoms with Crippen LogP contribution in [-0.2, 0) is 4.79 Å². The third-order valence-corrected chi connectivity index (χ3v) is 3.64. The average molecular weight is 291 g/mol. The number of carbonyl (C=O) groups excluding carboxylic acids is 1. The topological polar surface area (TPSA) is 44.4 Å². The number of benzene rings is 1. The Balaban J connectivity index is 1.89. The van der Waals surface area contributed by atoms with Gasteiger partial charge in [0.15, 0.2) is 5.11 Å². The van der Waals surface area contributed by atoms with E-state index in [1.165, 1.54) is 5.69 Å². The molecule has 20 heavy (non-hydrogen) atoms. The number of nitrogens with one attached hydrogen (secondary N) is 2. The van der Waals surface area contributed by atoms with Gasteiger partial charge in [-0.1, -0.05) is 0 Å². The molecule has 2 N–H and O–H groups in total. The van der Waals surface area contributed by atoms with Gasteiger partial charge in [-0.3, -0.25) is 4.79 Å². The smallest absolute Gasteiger partial charge is 0.229 e. The Morgan fingerprint density at radius 3 is 2.35 bits per heavy atom. The standard InChI is InChI=1S/C15H21N3OS/c1-3-18(4-2)13-9-7-12(8-10-13)16-15(20)17-14(19)11-5-6-11/h7-11H,3-6H2,1-2H3,(H2,16,17,19,20). The number of carbonyl (C=O) groups is 1. The predicted octanol–water partition coefficient (Wildman–Crippen LogP) is 2.76. The lowest BCUT2D eigenvalue weighted by Gasteiger charge is -2.21. The van der Waals surface area contributed by atoms with Crippen molar-refractivity contribution in [3.63, 3.8) is 0 Å². The molecular formula is C15H21N3OS. The first-order valence-corrected chi connectivity index (χ1v) is 7.51. The predicted molar refractivity (Wildman–Crippen MR) is 87.1 cm³/mol. The Morgan fingerprint density at radius 2 is 1.85 bits per heavy atom. The van der Waals surface area contributed by atoms with Gasteiger partial charge in [-0.15, -0.1) is 0 Å². The van der Waals surface area contributed by atoms with Crippen molar-refractivity contribution in [2.45, 2.75) is 26.7 Å². The molecule has 0 bridgehead atoms. The fraction of sp³-hybridized carbons (Fsp3) is 0.467. The normalized spacial score (nSPS) is 13.7. The molecule has 1 aromatic rings. The zero-order valence-electron chi connectivity index (χ0n) is 12.0. The van der Waals surface area contributed by atoms with E-state index in [4.69, 9.17) is 12.2 Å². The number of hydrogen-bond acceptors (Lipinski definition) is 3. The highest BCUT2D eigenvalue weighted by Gasteiger charge is 2.29. The van der Waals surface area contributed by atoms with Crippen molar-refractivity contribution in [1.29, 1.82) is 0 Å². The number of amides is 1. The third-order valence-electron chi connectivity index (χ3n) is 3.44. The molecule has 0 saturated heterocycles. The van der Waals surface area contributed by atoms with Gasteiger partial charge in [0.05, 0.1) is 0 Å². The van der Waals surface area contributed by atoms with E-state index in [0.717, 1.165) is 31.6 Å². The summed E-state index contributed by atoms with van der Waals surface area (Å²) in [4.78, 5) is 13.9. The zero-order chi connectivity index (χ0) is 14.5. The minimum atomic E-state index is 0.0299. The maximum atomic E-state index is 11.6.